The van der Waals surface area contributed by atoms with Crippen molar-refractivity contribution in [1.29, 1.82) is 0 Å². The fraction of sp³-hybridized carbons (Fsp3) is 0.556. The number of ether oxygens (including phenoxy) is 2. The number of rotatable bonds is 8. The third kappa shape index (κ3) is 6.04. The average molecular weight is 492 g/mol. The summed E-state index contributed by atoms with van der Waals surface area (Å²) in [4.78, 5) is 23.4. The highest BCUT2D eigenvalue weighted by Gasteiger charge is 2.54. The van der Waals surface area contributed by atoms with Crippen LogP contribution in [0.3, 0.4) is 0 Å². The van der Waals surface area contributed by atoms with Gasteiger partial charge in [-0.05, 0) is 35.2 Å². The van der Waals surface area contributed by atoms with Crippen molar-refractivity contribution < 1.29 is 29.3 Å². The number of carbonyl (C=O) groups excluding carboxylic acids is 2. The lowest BCUT2D eigenvalue weighted by Crippen LogP contribution is -2.43. The first-order chi connectivity index (χ1) is 12.9. The zero-order valence-electron chi connectivity index (χ0n) is 16.4. The highest BCUT2D eigenvalue weighted by Crippen LogP contribution is 2.49. The van der Waals surface area contributed by atoms with Gasteiger partial charge in [0.2, 0.25) is 0 Å². The Hall–Kier alpha value is -0.913. The van der Waals surface area contributed by atoms with Crippen LogP contribution in [0.5, 0.6) is 0 Å². The first-order valence-electron chi connectivity index (χ1n) is 8.85. The number of hydrogen-bond donors (Lipinski definition) is 2. The van der Waals surface area contributed by atoms with Crippen molar-refractivity contribution in [1.82, 2.24) is 4.31 Å². The zero-order valence-corrected chi connectivity index (χ0v) is 19.8. The highest BCUT2D eigenvalue weighted by molar-refractivity contribution is 9.10. The smallest absolute Gasteiger partial charge is 0.302 e. The Labute approximate surface area is 178 Å². The molecular formula is C18H26BrNO6SSi. The molecule has 2 N–H and O–H groups in total. The van der Waals surface area contributed by atoms with Crippen molar-refractivity contribution in [2.45, 2.75) is 50.3 Å². The van der Waals surface area contributed by atoms with Gasteiger partial charge in [-0.2, -0.15) is 0 Å². The summed E-state index contributed by atoms with van der Waals surface area (Å²) in [5.74, 6) is -3.72. The van der Waals surface area contributed by atoms with Crippen molar-refractivity contribution in [3.8, 4) is 0 Å². The average Bonchev–Trinajstić information content (AvgIpc) is 2.79. The van der Waals surface area contributed by atoms with Gasteiger partial charge >= 0.3 is 5.97 Å². The van der Waals surface area contributed by atoms with E-state index in [1.807, 2.05) is 0 Å². The molecule has 1 aromatic carbocycles. The van der Waals surface area contributed by atoms with Crippen LogP contribution in [0.25, 0.3) is 0 Å². The van der Waals surface area contributed by atoms with Crippen LogP contribution in [0.2, 0.25) is 25.7 Å². The normalized spacial score (nSPS) is 19.2. The van der Waals surface area contributed by atoms with Crippen LogP contribution >= 0.6 is 27.9 Å². The van der Waals surface area contributed by atoms with Crippen molar-refractivity contribution in [2.24, 2.45) is 0 Å². The highest BCUT2D eigenvalue weighted by atomic mass is 79.9. The molecule has 10 heteroatoms. The summed E-state index contributed by atoms with van der Waals surface area (Å²) < 4.78 is 12.4. The van der Waals surface area contributed by atoms with Gasteiger partial charge < -0.3 is 19.7 Å². The fourth-order valence-electron chi connectivity index (χ4n) is 2.49. The van der Waals surface area contributed by atoms with Gasteiger partial charge in [-0.25, -0.2) is 0 Å². The standard InChI is InChI=1S/C18H26BrNO6SSi/c1-12(21)26-10-13-5-6-14(15(19)9-13)16-18(23,24)17(22)20(27-16)11-25-7-8-28(2,3)4/h5-6,9,16,23-24H,7-8,10-11H2,1-4H3. The van der Waals surface area contributed by atoms with Crippen LogP contribution < -0.4 is 0 Å². The quantitative estimate of drug-likeness (QED) is 0.189. The summed E-state index contributed by atoms with van der Waals surface area (Å²) in [6.07, 6.45) is 0. The molecule has 1 saturated heterocycles. The number of hydrogen-bond acceptors (Lipinski definition) is 7. The Balaban J connectivity index is 2.06. The second-order valence-corrected chi connectivity index (χ2v) is 15.5. The van der Waals surface area contributed by atoms with Gasteiger partial charge in [-0.1, -0.05) is 47.7 Å². The monoisotopic (exact) mass is 491 g/mol. The van der Waals surface area contributed by atoms with Crippen LogP contribution in [0.1, 0.15) is 23.3 Å². The molecule has 28 heavy (non-hydrogen) atoms. The number of carbonyl (C=O) groups is 2. The van der Waals surface area contributed by atoms with E-state index in [0.717, 1.165) is 23.6 Å². The van der Waals surface area contributed by atoms with Gasteiger partial charge in [-0.3, -0.25) is 13.9 Å². The summed E-state index contributed by atoms with van der Waals surface area (Å²) in [7, 11) is -1.24. The largest absolute Gasteiger partial charge is 0.461 e. The zero-order chi connectivity index (χ0) is 21.1. The van der Waals surface area contributed by atoms with Crippen LogP contribution in [0, 0.1) is 0 Å². The van der Waals surface area contributed by atoms with Crippen LogP contribution in [0.4, 0.5) is 0 Å². The lowest BCUT2D eigenvalue weighted by Gasteiger charge is -2.20. The third-order valence-electron chi connectivity index (χ3n) is 4.13. The first kappa shape index (κ1) is 23.4. The molecule has 1 heterocycles. The Morgan fingerprint density at radius 3 is 2.61 bits per heavy atom. The molecule has 1 atom stereocenters. The van der Waals surface area contributed by atoms with Gasteiger partial charge in [0.15, 0.2) is 0 Å². The van der Waals surface area contributed by atoms with Crippen molar-refractivity contribution in [3.05, 3.63) is 33.8 Å². The van der Waals surface area contributed by atoms with E-state index in [4.69, 9.17) is 9.47 Å². The number of amides is 1. The number of benzene rings is 1. The third-order valence-corrected chi connectivity index (χ3v) is 7.84. The second kappa shape index (κ2) is 9.27. The Morgan fingerprint density at radius 2 is 2.04 bits per heavy atom. The van der Waals surface area contributed by atoms with Crippen LogP contribution in [-0.4, -0.2) is 53.6 Å². The maximum Gasteiger partial charge on any atom is 0.302 e. The molecule has 0 radical (unpaired) electrons. The van der Waals surface area contributed by atoms with Gasteiger partial charge in [-0.15, -0.1) is 0 Å². The summed E-state index contributed by atoms with van der Waals surface area (Å²) in [6.45, 7) is 8.67. The minimum Gasteiger partial charge on any atom is -0.461 e. The fourth-order valence-corrected chi connectivity index (χ4v) is 5.24. The molecule has 1 aliphatic heterocycles. The molecule has 0 spiro atoms. The number of aliphatic hydroxyl groups is 2. The summed E-state index contributed by atoms with van der Waals surface area (Å²) >= 11 is 4.44. The van der Waals surface area contributed by atoms with Gasteiger partial charge in [0.05, 0.1) is 0 Å². The molecule has 1 fully saturated rings. The van der Waals surface area contributed by atoms with E-state index in [-0.39, 0.29) is 19.3 Å². The molecule has 1 aliphatic rings. The molecule has 1 aromatic rings. The predicted octanol–water partition coefficient (Wildman–Crippen LogP) is 3.04. The van der Waals surface area contributed by atoms with Gasteiger partial charge in [0.1, 0.15) is 18.6 Å². The molecule has 1 amide bonds. The van der Waals surface area contributed by atoms with Crippen molar-refractivity contribution >= 4 is 47.8 Å². The molecule has 0 bridgehead atoms. The lowest BCUT2D eigenvalue weighted by molar-refractivity contribution is -0.188. The maximum absolute atomic E-state index is 12.4. The Bertz CT molecular complexity index is 739. The molecule has 7 nitrogen and oxygen atoms in total. The van der Waals surface area contributed by atoms with Gasteiger partial charge in [0.25, 0.3) is 11.7 Å². The van der Waals surface area contributed by atoms with E-state index >= 15 is 0 Å². The predicted molar refractivity (Wildman–Crippen MR) is 113 cm³/mol. The number of halogens is 1. The molecule has 0 saturated carbocycles. The number of esters is 1. The van der Waals surface area contributed by atoms with Crippen LogP contribution in [-0.2, 0) is 25.7 Å². The minimum atomic E-state index is -2.53. The molecule has 156 valence electrons. The topological polar surface area (TPSA) is 96.3 Å². The SMILES string of the molecule is CC(=O)OCc1ccc(C2SN(COCC[Si](C)(C)C)C(=O)C2(O)O)c(Br)c1. The molecule has 0 aromatic heterocycles. The van der Waals surface area contributed by atoms with E-state index in [9.17, 15) is 19.8 Å². The van der Waals surface area contributed by atoms with E-state index < -0.39 is 25.0 Å². The number of nitrogens with zero attached hydrogens (tertiary/aromatic N) is 1. The maximum atomic E-state index is 12.4. The van der Waals surface area contributed by atoms with E-state index in [1.54, 1.807) is 18.2 Å². The van der Waals surface area contributed by atoms with E-state index in [0.29, 0.717) is 16.6 Å². The molecular weight excluding hydrogens is 466 g/mol. The Morgan fingerprint density at radius 1 is 1.36 bits per heavy atom. The summed E-state index contributed by atoms with van der Waals surface area (Å²) in [6, 6.07) is 6.09. The first-order valence-corrected chi connectivity index (χ1v) is 14.2. The molecule has 0 aliphatic carbocycles. The molecule has 1 unspecified atom stereocenters. The van der Waals surface area contributed by atoms with Crippen LogP contribution in [0.15, 0.2) is 22.7 Å². The Kier molecular flexibility index (Phi) is 7.74. The molecule has 2 rings (SSSR count). The lowest BCUT2D eigenvalue weighted by atomic mass is 10.0. The van der Waals surface area contributed by atoms with E-state index in [2.05, 4.69) is 35.6 Å². The second-order valence-electron chi connectivity index (χ2n) is 7.88. The minimum absolute atomic E-state index is 0.00446. The van der Waals surface area contributed by atoms with Crippen molar-refractivity contribution in [3.63, 3.8) is 0 Å². The van der Waals surface area contributed by atoms with Crippen molar-refractivity contribution in [2.75, 3.05) is 13.3 Å². The summed E-state index contributed by atoms with van der Waals surface area (Å²) in [5, 5.41) is 19.9. The summed E-state index contributed by atoms with van der Waals surface area (Å²) in [5.41, 5.74) is 1.30. The van der Waals surface area contributed by atoms with E-state index in [1.165, 1.54) is 11.2 Å². The van der Waals surface area contributed by atoms with Gasteiger partial charge in [0, 0.05) is 26.1 Å².